The molecule has 0 spiro atoms. The lowest BCUT2D eigenvalue weighted by molar-refractivity contribution is -0.116. The summed E-state index contributed by atoms with van der Waals surface area (Å²) in [5.74, 6) is -0.627. The van der Waals surface area contributed by atoms with E-state index in [-0.39, 0.29) is 29.4 Å². The Labute approximate surface area is 182 Å². The fraction of sp³-hybridized carbons (Fsp3) is 0.300. The summed E-state index contributed by atoms with van der Waals surface area (Å²) in [6.45, 7) is 4.51. The van der Waals surface area contributed by atoms with Gasteiger partial charge in [0.05, 0.1) is 16.3 Å². The number of amides is 1. The second-order valence-corrected chi connectivity index (χ2v) is 10.6. The summed E-state index contributed by atoms with van der Waals surface area (Å²) in [6.07, 6.45) is -0.103. The molecule has 0 aromatic heterocycles. The van der Waals surface area contributed by atoms with Gasteiger partial charge in [0.25, 0.3) is 0 Å². The zero-order valence-corrected chi connectivity index (χ0v) is 19.1. The Morgan fingerprint density at radius 1 is 0.968 bits per heavy atom. The van der Waals surface area contributed by atoms with Crippen molar-refractivity contribution >= 4 is 43.1 Å². The molecule has 0 heterocycles. The van der Waals surface area contributed by atoms with Crippen molar-refractivity contribution in [2.45, 2.75) is 32.1 Å². The van der Waals surface area contributed by atoms with E-state index in [9.17, 15) is 26.4 Å². The molecule has 0 unspecified atom stereocenters. The lowest BCUT2D eigenvalue weighted by Gasteiger charge is -2.12. The molecule has 168 valence electrons. The number of carbonyl (C=O) groups excluding carboxylic acids is 2. The minimum Gasteiger partial charge on any atom is -0.326 e. The van der Waals surface area contributed by atoms with Crippen molar-refractivity contribution in [3.05, 3.63) is 53.6 Å². The van der Waals surface area contributed by atoms with Gasteiger partial charge < -0.3 is 5.32 Å². The van der Waals surface area contributed by atoms with E-state index >= 15 is 0 Å². The average Bonchev–Trinajstić information content (AvgIpc) is 2.70. The predicted octanol–water partition coefficient (Wildman–Crippen LogP) is 2.27. The first-order valence-electron chi connectivity index (χ1n) is 9.45. The molecule has 11 heteroatoms. The van der Waals surface area contributed by atoms with Gasteiger partial charge in [-0.1, -0.05) is 12.1 Å². The zero-order chi connectivity index (χ0) is 23.2. The Hall–Kier alpha value is -2.76. The molecule has 0 aliphatic carbocycles. The highest BCUT2D eigenvalue weighted by Gasteiger charge is 2.15. The van der Waals surface area contributed by atoms with Gasteiger partial charge in [0.2, 0.25) is 26.0 Å². The fourth-order valence-electron chi connectivity index (χ4n) is 2.57. The molecule has 2 rings (SSSR count). The molecule has 9 nitrogen and oxygen atoms in total. The molecule has 0 aliphatic rings. The van der Waals surface area contributed by atoms with Gasteiger partial charge in [-0.2, -0.15) is 0 Å². The first-order chi connectivity index (χ1) is 14.4. The van der Waals surface area contributed by atoms with Crippen LogP contribution in [-0.2, 0) is 24.8 Å². The smallest absolute Gasteiger partial charge is 0.240 e. The molecule has 31 heavy (non-hydrogen) atoms. The predicted molar refractivity (Wildman–Crippen MR) is 119 cm³/mol. The van der Waals surface area contributed by atoms with Crippen LogP contribution in [0, 0.1) is 6.92 Å². The molecule has 0 saturated carbocycles. The van der Waals surface area contributed by atoms with Crippen LogP contribution < -0.4 is 14.8 Å². The Bertz CT molecular complexity index is 1170. The third kappa shape index (κ3) is 7.16. The van der Waals surface area contributed by atoms with Crippen LogP contribution in [0.5, 0.6) is 0 Å². The summed E-state index contributed by atoms with van der Waals surface area (Å²) in [7, 11) is -7.22. The lowest BCUT2D eigenvalue weighted by Crippen LogP contribution is -2.27. The molecule has 1 amide bonds. The molecule has 0 bridgehead atoms. The number of Topliss-reactive ketones (excluding diaryl/α,β-unsaturated/α-hetero) is 1. The van der Waals surface area contributed by atoms with E-state index in [2.05, 4.69) is 14.8 Å². The van der Waals surface area contributed by atoms with Crippen molar-refractivity contribution in [3.63, 3.8) is 0 Å². The van der Waals surface area contributed by atoms with Crippen LogP contribution >= 0.6 is 0 Å². The van der Waals surface area contributed by atoms with Gasteiger partial charge in [-0.3, -0.25) is 14.3 Å². The monoisotopic (exact) mass is 467 g/mol. The molecule has 3 N–H and O–H groups in total. The number of ketones is 1. The Morgan fingerprint density at radius 3 is 2.16 bits per heavy atom. The van der Waals surface area contributed by atoms with Gasteiger partial charge in [-0.25, -0.2) is 21.6 Å². The molecular formula is C20H25N3O6S2. The van der Waals surface area contributed by atoms with Gasteiger partial charge in [-0.05, 0) is 56.7 Å². The van der Waals surface area contributed by atoms with Crippen LogP contribution in [-0.4, -0.2) is 40.8 Å². The molecular weight excluding hydrogens is 442 g/mol. The summed E-state index contributed by atoms with van der Waals surface area (Å²) in [5, 5.41) is 2.64. The Kier molecular flexibility index (Phi) is 7.93. The summed E-state index contributed by atoms with van der Waals surface area (Å²) < 4.78 is 52.7. The van der Waals surface area contributed by atoms with E-state index < -0.39 is 26.0 Å². The number of sulfonamides is 2. The maximum absolute atomic E-state index is 12.3. The van der Waals surface area contributed by atoms with Crippen LogP contribution in [0.3, 0.4) is 0 Å². The van der Waals surface area contributed by atoms with Gasteiger partial charge in [0, 0.05) is 24.2 Å². The van der Waals surface area contributed by atoms with Crippen molar-refractivity contribution in [2.75, 3.05) is 22.3 Å². The summed E-state index contributed by atoms with van der Waals surface area (Å²) >= 11 is 0. The number of hydrogen-bond donors (Lipinski definition) is 3. The highest BCUT2D eigenvalue weighted by Crippen LogP contribution is 2.21. The summed E-state index contributed by atoms with van der Waals surface area (Å²) in [4.78, 5) is 23.4. The molecule has 0 fully saturated rings. The Balaban J connectivity index is 1.91. The largest absolute Gasteiger partial charge is 0.326 e. The fourth-order valence-corrected chi connectivity index (χ4v) is 4.31. The minimum atomic E-state index is -3.81. The van der Waals surface area contributed by atoms with E-state index in [4.69, 9.17) is 0 Å². The van der Waals surface area contributed by atoms with Crippen molar-refractivity contribution in [3.8, 4) is 0 Å². The second kappa shape index (κ2) is 10.0. The van der Waals surface area contributed by atoms with Gasteiger partial charge >= 0.3 is 0 Å². The van der Waals surface area contributed by atoms with Crippen LogP contribution in [0.15, 0.2) is 47.4 Å². The van der Waals surface area contributed by atoms with Crippen LogP contribution in [0.1, 0.15) is 36.2 Å². The number of rotatable bonds is 10. The van der Waals surface area contributed by atoms with Gasteiger partial charge in [0.15, 0.2) is 5.78 Å². The maximum atomic E-state index is 12.3. The average molecular weight is 468 g/mol. The first-order valence-corrected chi connectivity index (χ1v) is 12.6. The van der Waals surface area contributed by atoms with Crippen LogP contribution in [0.4, 0.5) is 11.4 Å². The van der Waals surface area contributed by atoms with Crippen molar-refractivity contribution in [1.82, 2.24) is 4.72 Å². The number of carbonyl (C=O) groups is 2. The van der Waals surface area contributed by atoms with Gasteiger partial charge in [0.1, 0.15) is 0 Å². The molecule has 0 radical (unpaired) electrons. The van der Waals surface area contributed by atoms with E-state index in [0.29, 0.717) is 22.5 Å². The second-order valence-electron chi connectivity index (χ2n) is 6.81. The Morgan fingerprint density at radius 2 is 1.61 bits per heavy atom. The maximum Gasteiger partial charge on any atom is 0.240 e. The van der Waals surface area contributed by atoms with E-state index in [0.717, 1.165) is 0 Å². The topological polar surface area (TPSA) is 139 Å². The number of hydrogen-bond acceptors (Lipinski definition) is 6. The lowest BCUT2D eigenvalue weighted by atomic mass is 10.2. The van der Waals surface area contributed by atoms with E-state index in [1.807, 2.05) is 0 Å². The summed E-state index contributed by atoms with van der Waals surface area (Å²) in [5.41, 5.74) is 1.92. The number of nitrogens with one attached hydrogen (secondary N) is 3. The molecule has 2 aromatic rings. The van der Waals surface area contributed by atoms with E-state index in [1.54, 1.807) is 25.1 Å². The highest BCUT2D eigenvalue weighted by atomic mass is 32.2. The highest BCUT2D eigenvalue weighted by molar-refractivity contribution is 7.92. The number of anilines is 2. The van der Waals surface area contributed by atoms with E-state index in [1.165, 1.54) is 38.1 Å². The third-order valence-corrected chi connectivity index (χ3v) is 7.14. The van der Waals surface area contributed by atoms with Crippen LogP contribution in [0.2, 0.25) is 0 Å². The van der Waals surface area contributed by atoms with Crippen molar-refractivity contribution in [2.24, 2.45) is 0 Å². The van der Waals surface area contributed by atoms with Crippen LogP contribution in [0.25, 0.3) is 0 Å². The zero-order valence-electron chi connectivity index (χ0n) is 17.4. The molecule has 0 atom stereocenters. The first kappa shape index (κ1) is 24.5. The van der Waals surface area contributed by atoms with Crippen molar-refractivity contribution in [1.29, 1.82) is 0 Å². The van der Waals surface area contributed by atoms with Gasteiger partial charge in [-0.15, -0.1) is 0 Å². The third-order valence-electron chi connectivity index (χ3n) is 4.37. The SMILES string of the molecule is CCS(=O)(=O)Nc1ccc(NC(=O)CCNS(=O)(=O)c2ccc(C(C)=O)cc2)cc1C. The molecule has 0 aliphatic heterocycles. The standard InChI is InChI=1S/C20H25N3O6S2/c1-4-30(26,27)23-19-10-7-17(13-14(19)2)22-20(25)11-12-21-31(28,29)18-8-5-16(6-9-18)15(3)24/h5-10,13,21,23H,4,11-12H2,1-3H3,(H,22,25). The summed E-state index contributed by atoms with van der Waals surface area (Å²) in [6, 6.07) is 10.2. The number of benzene rings is 2. The molecule has 0 saturated heterocycles. The molecule has 2 aromatic carbocycles. The minimum absolute atomic E-state index is 0.00125. The normalized spacial score (nSPS) is 11.7. The quantitative estimate of drug-likeness (QED) is 0.458. The number of aryl methyl sites for hydroxylation is 1. The van der Waals surface area contributed by atoms with Crippen molar-refractivity contribution < 1.29 is 26.4 Å².